The van der Waals surface area contributed by atoms with Crippen LogP contribution in [0.2, 0.25) is 0 Å². The first-order chi connectivity index (χ1) is 5.82. The van der Waals surface area contributed by atoms with Gasteiger partial charge in [0.05, 0.1) is 6.33 Å². The summed E-state index contributed by atoms with van der Waals surface area (Å²) in [5.41, 5.74) is 7.35. The van der Waals surface area contributed by atoms with Gasteiger partial charge in [0.1, 0.15) is 0 Å². The second-order valence-electron chi connectivity index (χ2n) is 3.55. The third-order valence-corrected chi connectivity index (χ3v) is 2.84. The van der Waals surface area contributed by atoms with Crippen molar-refractivity contribution in [2.45, 2.75) is 31.7 Å². The fourth-order valence-corrected chi connectivity index (χ4v) is 1.73. The van der Waals surface area contributed by atoms with Crippen LogP contribution in [0.15, 0.2) is 12.5 Å². The highest BCUT2D eigenvalue weighted by molar-refractivity contribution is 5.24. The van der Waals surface area contributed by atoms with Gasteiger partial charge in [0.2, 0.25) is 0 Å². The van der Waals surface area contributed by atoms with Gasteiger partial charge in [-0.05, 0) is 19.8 Å². The third kappa shape index (κ3) is 0.966. The van der Waals surface area contributed by atoms with Crippen molar-refractivity contribution < 1.29 is 0 Å². The summed E-state index contributed by atoms with van der Waals surface area (Å²) in [6.07, 6.45) is 6.32. The lowest BCUT2D eigenvalue weighted by Gasteiger charge is -2.13. The van der Waals surface area contributed by atoms with E-state index in [1.54, 1.807) is 0 Å². The third-order valence-electron chi connectivity index (χ3n) is 2.84. The van der Waals surface area contributed by atoms with Crippen molar-refractivity contribution in [2.75, 3.05) is 6.54 Å². The SMILES string of the molecule is CCn1cncc1C1(CN)CC1. The van der Waals surface area contributed by atoms with Gasteiger partial charge in [-0.3, -0.25) is 0 Å². The molecule has 1 fully saturated rings. The minimum atomic E-state index is 0.284. The molecule has 0 unspecified atom stereocenters. The van der Waals surface area contributed by atoms with Crippen LogP contribution in [0.5, 0.6) is 0 Å². The summed E-state index contributed by atoms with van der Waals surface area (Å²) in [6, 6.07) is 0. The van der Waals surface area contributed by atoms with Gasteiger partial charge in [-0.2, -0.15) is 0 Å². The van der Waals surface area contributed by atoms with Gasteiger partial charge >= 0.3 is 0 Å². The summed E-state index contributed by atoms with van der Waals surface area (Å²) < 4.78 is 2.19. The van der Waals surface area contributed by atoms with E-state index in [1.165, 1.54) is 18.5 Å². The Bertz CT molecular complexity index is 273. The van der Waals surface area contributed by atoms with Gasteiger partial charge in [-0.25, -0.2) is 4.98 Å². The Morgan fingerprint density at radius 3 is 2.92 bits per heavy atom. The minimum Gasteiger partial charge on any atom is -0.334 e. The number of hydrogen-bond donors (Lipinski definition) is 1. The monoisotopic (exact) mass is 165 g/mol. The zero-order chi connectivity index (χ0) is 8.60. The molecule has 0 radical (unpaired) electrons. The Hall–Kier alpha value is -0.830. The van der Waals surface area contributed by atoms with Crippen LogP contribution in [-0.2, 0) is 12.0 Å². The van der Waals surface area contributed by atoms with Crippen molar-refractivity contribution in [1.82, 2.24) is 9.55 Å². The number of nitrogens with zero attached hydrogens (tertiary/aromatic N) is 2. The van der Waals surface area contributed by atoms with E-state index in [0.717, 1.165) is 13.1 Å². The molecule has 0 bridgehead atoms. The van der Waals surface area contributed by atoms with Gasteiger partial charge in [0, 0.05) is 30.4 Å². The van der Waals surface area contributed by atoms with Gasteiger partial charge in [0.15, 0.2) is 0 Å². The van der Waals surface area contributed by atoms with Crippen LogP contribution in [0.1, 0.15) is 25.5 Å². The molecule has 0 aromatic carbocycles. The van der Waals surface area contributed by atoms with Crippen LogP contribution in [0.4, 0.5) is 0 Å². The molecule has 1 aromatic heterocycles. The molecule has 0 saturated heterocycles. The second kappa shape index (κ2) is 2.59. The number of aromatic nitrogens is 2. The normalized spacial score (nSPS) is 19.5. The van der Waals surface area contributed by atoms with E-state index in [4.69, 9.17) is 5.73 Å². The number of aryl methyl sites for hydroxylation is 1. The van der Waals surface area contributed by atoms with Crippen molar-refractivity contribution in [3.8, 4) is 0 Å². The topological polar surface area (TPSA) is 43.8 Å². The molecule has 1 saturated carbocycles. The largest absolute Gasteiger partial charge is 0.334 e. The van der Waals surface area contributed by atoms with E-state index in [0.29, 0.717) is 0 Å². The first-order valence-electron chi connectivity index (χ1n) is 4.53. The lowest BCUT2D eigenvalue weighted by molar-refractivity contribution is 0.606. The Kier molecular flexibility index (Phi) is 1.68. The Morgan fingerprint density at radius 2 is 2.42 bits per heavy atom. The van der Waals surface area contributed by atoms with E-state index in [2.05, 4.69) is 16.5 Å². The average Bonchev–Trinajstić information content (AvgIpc) is 2.76. The number of imidazole rings is 1. The van der Waals surface area contributed by atoms with Gasteiger partial charge in [-0.1, -0.05) is 0 Å². The molecule has 0 amide bonds. The minimum absolute atomic E-state index is 0.284. The van der Waals surface area contributed by atoms with Gasteiger partial charge < -0.3 is 10.3 Å². The Morgan fingerprint density at radius 1 is 1.67 bits per heavy atom. The van der Waals surface area contributed by atoms with Crippen LogP contribution >= 0.6 is 0 Å². The quantitative estimate of drug-likeness (QED) is 0.723. The lowest BCUT2D eigenvalue weighted by Crippen LogP contribution is -2.22. The van der Waals surface area contributed by atoms with E-state index >= 15 is 0 Å². The number of nitrogens with two attached hydrogens (primary N) is 1. The summed E-state index contributed by atoms with van der Waals surface area (Å²) in [4.78, 5) is 4.15. The Labute approximate surface area is 72.6 Å². The van der Waals surface area contributed by atoms with E-state index in [9.17, 15) is 0 Å². The molecular formula is C9H15N3. The summed E-state index contributed by atoms with van der Waals surface area (Å²) in [5.74, 6) is 0. The van der Waals surface area contributed by atoms with Crippen molar-refractivity contribution >= 4 is 0 Å². The molecular weight excluding hydrogens is 150 g/mol. The maximum atomic E-state index is 5.74. The van der Waals surface area contributed by atoms with Crippen molar-refractivity contribution in [2.24, 2.45) is 5.73 Å². The first kappa shape index (κ1) is 7.80. The lowest BCUT2D eigenvalue weighted by atomic mass is 10.0. The average molecular weight is 165 g/mol. The van der Waals surface area contributed by atoms with E-state index in [1.807, 2.05) is 12.5 Å². The van der Waals surface area contributed by atoms with Crippen molar-refractivity contribution in [3.05, 3.63) is 18.2 Å². The summed E-state index contributed by atoms with van der Waals surface area (Å²) >= 11 is 0. The summed E-state index contributed by atoms with van der Waals surface area (Å²) in [7, 11) is 0. The molecule has 3 heteroatoms. The summed E-state index contributed by atoms with van der Waals surface area (Å²) in [6.45, 7) is 3.90. The Balaban J connectivity index is 2.32. The number of hydrogen-bond acceptors (Lipinski definition) is 2. The standard InChI is InChI=1S/C9H15N3/c1-2-12-7-11-5-8(12)9(6-10)3-4-9/h5,7H,2-4,6,10H2,1H3. The molecule has 1 aromatic rings. The fourth-order valence-electron chi connectivity index (χ4n) is 1.73. The predicted octanol–water partition coefficient (Wildman–Crippen LogP) is 0.893. The fraction of sp³-hybridized carbons (Fsp3) is 0.667. The molecule has 1 heterocycles. The molecule has 0 spiro atoms. The second-order valence-corrected chi connectivity index (χ2v) is 3.55. The maximum Gasteiger partial charge on any atom is 0.0948 e. The van der Waals surface area contributed by atoms with E-state index in [-0.39, 0.29) is 5.41 Å². The summed E-state index contributed by atoms with van der Waals surface area (Å²) in [5, 5.41) is 0. The van der Waals surface area contributed by atoms with Gasteiger partial charge in [0.25, 0.3) is 0 Å². The van der Waals surface area contributed by atoms with Crippen LogP contribution in [0.25, 0.3) is 0 Å². The van der Waals surface area contributed by atoms with Crippen molar-refractivity contribution in [3.63, 3.8) is 0 Å². The predicted molar refractivity (Wildman–Crippen MR) is 47.9 cm³/mol. The maximum absolute atomic E-state index is 5.74. The van der Waals surface area contributed by atoms with Crippen LogP contribution in [-0.4, -0.2) is 16.1 Å². The highest BCUT2D eigenvalue weighted by Crippen LogP contribution is 2.46. The molecule has 66 valence electrons. The zero-order valence-electron chi connectivity index (χ0n) is 7.45. The molecule has 2 N–H and O–H groups in total. The molecule has 1 aliphatic rings. The van der Waals surface area contributed by atoms with Crippen molar-refractivity contribution in [1.29, 1.82) is 0 Å². The highest BCUT2D eigenvalue weighted by Gasteiger charge is 2.45. The first-order valence-corrected chi connectivity index (χ1v) is 4.53. The molecule has 1 aliphatic carbocycles. The van der Waals surface area contributed by atoms with Crippen LogP contribution in [0, 0.1) is 0 Å². The van der Waals surface area contributed by atoms with Gasteiger partial charge in [-0.15, -0.1) is 0 Å². The highest BCUT2D eigenvalue weighted by atomic mass is 15.1. The smallest absolute Gasteiger partial charge is 0.0948 e. The van der Waals surface area contributed by atoms with Crippen LogP contribution in [0.3, 0.4) is 0 Å². The molecule has 2 rings (SSSR count). The van der Waals surface area contributed by atoms with E-state index < -0.39 is 0 Å². The molecule has 0 atom stereocenters. The zero-order valence-corrected chi connectivity index (χ0v) is 7.45. The van der Waals surface area contributed by atoms with Crippen LogP contribution < -0.4 is 5.73 Å². The molecule has 12 heavy (non-hydrogen) atoms. The molecule has 0 aliphatic heterocycles. The molecule has 3 nitrogen and oxygen atoms in total. The number of rotatable bonds is 3.